The third kappa shape index (κ3) is 3.99. The average molecular weight is 415 g/mol. The molecule has 1 aliphatic heterocycles. The summed E-state index contributed by atoms with van der Waals surface area (Å²) in [5, 5.41) is 12.5. The maximum atomic E-state index is 13.0. The minimum atomic E-state index is -0.984. The number of hydrogen-bond donors (Lipinski definition) is 1. The normalized spacial score (nSPS) is 18.7. The molecule has 3 aromatic rings. The predicted molar refractivity (Wildman–Crippen MR) is 119 cm³/mol. The van der Waals surface area contributed by atoms with Gasteiger partial charge in [-0.3, -0.25) is 4.79 Å². The van der Waals surface area contributed by atoms with E-state index in [0.29, 0.717) is 12.8 Å². The van der Waals surface area contributed by atoms with Crippen molar-refractivity contribution >= 4 is 18.2 Å². The molecule has 3 amide bonds. The van der Waals surface area contributed by atoms with Gasteiger partial charge in [0, 0.05) is 5.56 Å². The molecular weight excluding hydrogens is 390 g/mol. The van der Waals surface area contributed by atoms with Crippen molar-refractivity contribution in [2.75, 3.05) is 0 Å². The molecule has 31 heavy (non-hydrogen) atoms. The summed E-state index contributed by atoms with van der Waals surface area (Å²) >= 11 is 0. The number of aryl methyl sites for hydroxylation is 2. The molecule has 1 atom stereocenters. The van der Waals surface area contributed by atoms with Crippen molar-refractivity contribution < 1.29 is 9.59 Å². The van der Waals surface area contributed by atoms with Gasteiger partial charge < -0.3 is 5.32 Å². The first kappa shape index (κ1) is 20.5. The first-order chi connectivity index (χ1) is 14.9. The van der Waals surface area contributed by atoms with Gasteiger partial charge in [-0.25, -0.2) is 9.48 Å². The zero-order valence-electron chi connectivity index (χ0n) is 17.9. The summed E-state index contributed by atoms with van der Waals surface area (Å²) in [6.45, 7) is 5.56. The fourth-order valence-corrected chi connectivity index (χ4v) is 3.76. The van der Waals surface area contributed by atoms with Gasteiger partial charge in [0.25, 0.3) is 5.91 Å². The van der Waals surface area contributed by atoms with Crippen molar-refractivity contribution in [2.24, 2.45) is 5.10 Å². The van der Waals surface area contributed by atoms with Crippen molar-refractivity contribution in [3.63, 3.8) is 0 Å². The van der Waals surface area contributed by atoms with Crippen LogP contribution in [0.15, 0.2) is 65.8 Å². The van der Waals surface area contributed by atoms with E-state index in [2.05, 4.69) is 15.5 Å². The maximum Gasteiger partial charge on any atom is 0.346 e. The van der Waals surface area contributed by atoms with Crippen LogP contribution in [0, 0.1) is 13.8 Å². The lowest BCUT2D eigenvalue weighted by Crippen LogP contribution is -2.44. The van der Waals surface area contributed by atoms with Crippen molar-refractivity contribution in [3.8, 4) is 5.69 Å². The maximum absolute atomic E-state index is 13.0. The van der Waals surface area contributed by atoms with E-state index in [1.165, 1.54) is 6.21 Å². The lowest BCUT2D eigenvalue weighted by Gasteiger charge is -2.20. The van der Waals surface area contributed by atoms with E-state index in [-0.39, 0.29) is 5.91 Å². The number of carbonyl (C=O) groups excluding carboxylic acids is 2. The number of rotatable bonds is 6. The molecule has 4 rings (SSSR count). The largest absolute Gasteiger partial charge is 0.346 e. The topological polar surface area (TPSA) is 79.6 Å². The smallest absolute Gasteiger partial charge is 0.322 e. The van der Waals surface area contributed by atoms with Crippen LogP contribution in [-0.4, -0.2) is 38.5 Å². The summed E-state index contributed by atoms with van der Waals surface area (Å²) < 4.78 is 1.83. The Balaban J connectivity index is 1.52. The molecular formula is C24H25N5O2. The Morgan fingerprint density at radius 1 is 1.03 bits per heavy atom. The molecule has 0 bridgehead atoms. The van der Waals surface area contributed by atoms with Crippen LogP contribution in [0.1, 0.15) is 35.9 Å². The molecule has 1 saturated heterocycles. The lowest BCUT2D eigenvalue weighted by molar-refractivity contribution is -0.130. The quantitative estimate of drug-likeness (QED) is 0.492. The number of imide groups is 1. The highest BCUT2D eigenvalue weighted by molar-refractivity contribution is 6.07. The summed E-state index contributed by atoms with van der Waals surface area (Å²) in [6, 6.07) is 19.2. The molecule has 2 aromatic carbocycles. The number of aromatic nitrogens is 2. The molecule has 0 spiro atoms. The molecule has 7 nitrogen and oxygen atoms in total. The van der Waals surface area contributed by atoms with Gasteiger partial charge in [0.1, 0.15) is 5.54 Å². The lowest BCUT2D eigenvalue weighted by atomic mass is 9.93. The number of hydrazone groups is 1. The molecule has 1 aromatic heterocycles. The molecule has 0 saturated carbocycles. The Morgan fingerprint density at radius 3 is 2.35 bits per heavy atom. The van der Waals surface area contributed by atoms with Crippen LogP contribution in [-0.2, 0) is 11.2 Å². The van der Waals surface area contributed by atoms with Gasteiger partial charge in [-0.1, -0.05) is 48.5 Å². The van der Waals surface area contributed by atoms with Crippen molar-refractivity contribution in [2.45, 2.75) is 39.2 Å². The summed E-state index contributed by atoms with van der Waals surface area (Å²) in [6.07, 6.45) is 2.72. The van der Waals surface area contributed by atoms with E-state index in [1.54, 1.807) is 6.92 Å². The monoisotopic (exact) mass is 415 g/mol. The first-order valence-electron chi connectivity index (χ1n) is 10.3. The number of benzene rings is 2. The third-order valence-corrected chi connectivity index (χ3v) is 5.65. The van der Waals surface area contributed by atoms with E-state index >= 15 is 0 Å². The number of nitrogens with one attached hydrogen (secondary N) is 1. The van der Waals surface area contributed by atoms with Crippen LogP contribution in [0.2, 0.25) is 0 Å². The Labute approximate surface area is 181 Å². The van der Waals surface area contributed by atoms with Crippen molar-refractivity contribution in [1.29, 1.82) is 0 Å². The van der Waals surface area contributed by atoms with Crippen LogP contribution < -0.4 is 5.32 Å². The highest BCUT2D eigenvalue weighted by Crippen LogP contribution is 2.24. The van der Waals surface area contributed by atoms with Gasteiger partial charge in [0.2, 0.25) is 0 Å². The molecule has 7 heteroatoms. The number of hydrogen-bond acceptors (Lipinski definition) is 4. The number of urea groups is 1. The molecule has 158 valence electrons. The van der Waals surface area contributed by atoms with E-state index < -0.39 is 11.6 Å². The molecule has 2 heterocycles. The van der Waals surface area contributed by atoms with Crippen LogP contribution in [0.5, 0.6) is 0 Å². The zero-order chi connectivity index (χ0) is 22.0. The van der Waals surface area contributed by atoms with Gasteiger partial charge in [0.15, 0.2) is 0 Å². The number of carbonyl (C=O) groups is 2. The SMILES string of the molecule is Cc1nn(-c2ccccc2)c(C)c1C=NN1C(=O)N[C@](C)(CCc2ccccc2)C1=O. The van der Waals surface area contributed by atoms with Gasteiger partial charge in [0.05, 0.1) is 23.3 Å². The Kier molecular flexibility index (Phi) is 5.42. The molecule has 0 radical (unpaired) electrons. The van der Waals surface area contributed by atoms with Crippen LogP contribution >= 0.6 is 0 Å². The first-order valence-corrected chi connectivity index (χ1v) is 10.3. The second-order valence-corrected chi connectivity index (χ2v) is 7.94. The van der Waals surface area contributed by atoms with E-state index in [1.807, 2.05) is 79.2 Å². The van der Waals surface area contributed by atoms with Crippen LogP contribution in [0.25, 0.3) is 5.69 Å². The van der Waals surface area contributed by atoms with E-state index in [9.17, 15) is 9.59 Å². The van der Waals surface area contributed by atoms with Crippen LogP contribution in [0.3, 0.4) is 0 Å². The summed E-state index contributed by atoms with van der Waals surface area (Å²) in [7, 11) is 0. The minimum Gasteiger partial charge on any atom is -0.322 e. The predicted octanol–water partition coefficient (Wildman–Crippen LogP) is 3.77. The summed E-state index contributed by atoms with van der Waals surface area (Å²) in [5.74, 6) is -0.351. The van der Waals surface area contributed by atoms with Crippen molar-refractivity contribution in [3.05, 3.63) is 83.2 Å². The van der Waals surface area contributed by atoms with Gasteiger partial charge >= 0.3 is 6.03 Å². The Bertz CT molecular complexity index is 1140. The van der Waals surface area contributed by atoms with Crippen LogP contribution in [0.4, 0.5) is 4.79 Å². The molecule has 0 unspecified atom stereocenters. The summed E-state index contributed by atoms with van der Waals surface area (Å²) in [4.78, 5) is 25.5. The van der Waals surface area contributed by atoms with E-state index in [0.717, 1.165) is 33.2 Å². The highest BCUT2D eigenvalue weighted by Gasteiger charge is 2.47. The number of amides is 3. The molecule has 1 N–H and O–H groups in total. The van der Waals surface area contributed by atoms with Gasteiger partial charge in [-0.15, -0.1) is 5.01 Å². The Hall–Kier alpha value is -3.74. The zero-order valence-corrected chi connectivity index (χ0v) is 17.9. The standard InChI is InChI=1S/C24H25N5O2/c1-17-21(18(2)28(27-17)20-12-8-5-9-13-20)16-25-29-22(30)24(3,26-23(29)31)15-14-19-10-6-4-7-11-19/h4-13,16H,14-15H2,1-3H3,(H,26,31)/t24-/m1/s1. The van der Waals surface area contributed by atoms with Gasteiger partial charge in [-0.2, -0.15) is 10.2 Å². The molecule has 0 aliphatic carbocycles. The number of para-hydroxylation sites is 1. The second kappa shape index (κ2) is 8.18. The molecule has 1 aliphatic rings. The molecule has 1 fully saturated rings. The fraction of sp³-hybridized carbons (Fsp3) is 0.250. The fourth-order valence-electron chi connectivity index (χ4n) is 3.76. The Morgan fingerprint density at radius 2 is 1.68 bits per heavy atom. The third-order valence-electron chi connectivity index (χ3n) is 5.65. The number of nitrogens with zero attached hydrogens (tertiary/aromatic N) is 4. The summed E-state index contributed by atoms with van der Waals surface area (Å²) in [5.41, 5.74) is 3.50. The average Bonchev–Trinajstić information content (AvgIpc) is 3.18. The highest BCUT2D eigenvalue weighted by atomic mass is 16.2. The van der Waals surface area contributed by atoms with E-state index in [4.69, 9.17) is 0 Å². The second-order valence-electron chi connectivity index (χ2n) is 7.94. The minimum absolute atomic E-state index is 0.351. The van der Waals surface area contributed by atoms with Crippen molar-refractivity contribution in [1.82, 2.24) is 20.1 Å². The van der Waals surface area contributed by atoms with Gasteiger partial charge in [-0.05, 0) is 51.3 Å².